The lowest BCUT2D eigenvalue weighted by Crippen LogP contribution is -2.21. The molecule has 12 heavy (non-hydrogen) atoms. The maximum atomic E-state index is 11.3. The minimum Gasteiger partial charge on any atom is -0.295 e. The van der Waals surface area contributed by atoms with Gasteiger partial charge in [0.25, 0.3) is 0 Å². The number of hydrogen-bond acceptors (Lipinski definition) is 1. The monoisotopic (exact) mass is 166 g/mol. The van der Waals surface area contributed by atoms with Crippen LogP contribution in [0.15, 0.2) is 12.7 Å². The molecular formula is C11H18O. The SMILES string of the molecule is C=CC(=O)[C@H](C)C1CCCCC1. The van der Waals surface area contributed by atoms with Crippen LogP contribution in [-0.4, -0.2) is 5.78 Å². The molecule has 0 radical (unpaired) electrons. The van der Waals surface area contributed by atoms with Gasteiger partial charge in [-0.2, -0.15) is 0 Å². The molecule has 1 heteroatoms. The highest BCUT2D eigenvalue weighted by atomic mass is 16.1. The van der Waals surface area contributed by atoms with E-state index < -0.39 is 0 Å². The van der Waals surface area contributed by atoms with Gasteiger partial charge in [-0.25, -0.2) is 0 Å². The molecule has 1 nitrogen and oxygen atoms in total. The van der Waals surface area contributed by atoms with Crippen molar-refractivity contribution in [1.29, 1.82) is 0 Å². The van der Waals surface area contributed by atoms with E-state index in [0.717, 1.165) is 0 Å². The Morgan fingerprint density at radius 1 is 1.42 bits per heavy atom. The van der Waals surface area contributed by atoms with Gasteiger partial charge in [-0.1, -0.05) is 32.8 Å². The zero-order chi connectivity index (χ0) is 8.97. The van der Waals surface area contributed by atoms with Crippen molar-refractivity contribution < 1.29 is 4.79 Å². The molecule has 1 fully saturated rings. The lowest BCUT2D eigenvalue weighted by Gasteiger charge is -2.25. The maximum absolute atomic E-state index is 11.3. The van der Waals surface area contributed by atoms with Crippen LogP contribution in [0, 0.1) is 11.8 Å². The number of allylic oxidation sites excluding steroid dienone is 1. The van der Waals surface area contributed by atoms with Gasteiger partial charge in [0.05, 0.1) is 0 Å². The van der Waals surface area contributed by atoms with Crippen LogP contribution in [-0.2, 0) is 4.79 Å². The first-order chi connectivity index (χ1) is 5.75. The van der Waals surface area contributed by atoms with E-state index in [2.05, 4.69) is 6.58 Å². The van der Waals surface area contributed by atoms with Crippen LogP contribution in [0.25, 0.3) is 0 Å². The van der Waals surface area contributed by atoms with E-state index in [-0.39, 0.29) is 11.7 Å². The first-order valence-corrected chi connectivity index (χ1v) is 4.92. The number of carbonyl (C=O) groups is 1. The molecule has 0 saturated heterocycles. The Morgan fingerprint density at radius 3 is 2.50 bits per heavy atom. The molecule has 0 aromatic heterocycles. The standard InChI is InChI=1S/C11H18O/c1-3-11(12)9(2)10-7-5-4-6-8-10/h3,9-10H,1,4-8H2,2H3/t9-/m1/s1. The molecule has 1 aliphatic rings. The Bertz CT molecular complexity index is 166. The van der Waals surface area contributed by atoms with E-state index in [4.69, 9.17) is 0 Å². The normalized spacial score (nSPS) is 21.8. The molecule has 0 unspecified atom stereocenters. The molecule has 0 aromatic carbocycles. The number of ketones is 1. The highest BCUT2D eigenvalue weighted by Crippen LogP contribution is 2.30. The van der Waals surface area contributed by atoms with Crippen LogP contribution < -0.4 is 0 Å². The van der Waals surface area contributed by atoms with Gasteiger partial charge in [-0.3, -0.25) is 4.79 Å². The summed E-state index contributed by atoms with van der Waals surface area (Å²) in [6.45, 7) is 5.57. The van der Waals surface area contributed by atoms with Crippen LogP contribution >= 0.6 is 0 Å². The Morgan fingerprint density at radius 2 is 2.00 bits per heavy atom. The number of rotatable bonds is 3. The fourth-order valence-corrected chi connectivity index (χ4v) is 2.05. The van der Waals surface area contributed by atoms with Crippen molar-refractivity contribution in [2.75, 3.05) is 0 Å². The van der Waals surface area contributed by atoms with Gasteiger partial charge in [0.15, 0.2) is 5.78 Å². The fraction of sp³-hybridized carbons (Fsp3) is 0.727. The van der Waals surface area contributed by atoms with E-state index in [1.54, 1.807) is 0 Å². The summed E-state index contributed by atoms with van der Waals surface area (Å²) in [5.41, 5.74) is 0. The summed E-state index contributed by atoms with van der Waals surface area (Å²) in [6, 6.07) is 0. The first-order valence-electron chi connectivity index (χ1n) is 4.92. The van der Waals surface area contributed by atoms with Crippen molar-refractivity contribution in [3.05, 3.63) is 12.7 Å². The third-order valence-electron chi connectivity index (χ3n) is 3.01. The molecule has 1 saturated carbocycles. The van der Waals surface area contributed by atoms with E-state index in [1.165, 1.54) is 38.2 Å². The zero-order valence-corrected chi connectivity index (χ0v) is 7.88. The topological polar surface area (TPSA) is 17.1 Å². The second-order valence-electron chi connectivity index (χ2n) is 3.79. The maximum Gasteiger partial charge on any atom is 0.158 e. The highest BCUT2D eigenvalue weighted by molar-refractivity contribution is 5.91. The third kappa shape index (κ3) is 2.20. The zero-order valence-electron chi connectivity index (χ0n) is 7.88. The molecule has 68 valence electrons. The minimum absolute atomic E-state index is 0.211. The van der Waals surface area contributed by atoms with Crippen molar-refractivity contribution >= 4 is 5.78 Å². The molecule has 0 N–H and O–H groups in total. The average molecular weight is 166 g/mol. The molecule has 0 heterocycles. The summed E-state index contributed by atoms with van der Waals surface area (Å²) in [7, 11) is 0. The van der Waals surface area contributed by atoms with E-state index in [0.29, 0.717) is 5.92 Å². The fourth-order valence-electron chi connectivity index (χ4n) is 2.05. The van der Waals surface area contributed by atoms with Gasteiger partial charge in [-0.15, -0.1) is 0 Å². The van der Waals surface area contributed by atoms with Crippen molar-refractivity contribution in [3.63, 3.8) is 0 Å². The molecule has 0 amide bonds. The van der Waals surface area contributed by atoms with Gasteiger partial charge < -0.3 is 0 Å². The molecule has 1 atom stereocenters. The quantitative estimate of drug-likeness (QED) is 0.589. The number of carbonyl (C=O) groups excluding carboxylic acids is 1. The molecule has 0 bridgehead atoms. The largest absolute Gasteiger partial charge is 0.295 e. The summed E-state index contributed by atoms with van der Waals surface area (Å²) >= 11 is 0. The Kier molecular flexibility index (Phi) is 3.51. The minimum atomic E-state index is 0.211. The van der Waals surface area contributed by atoms with Gasteiger partial charge in [0.1, 0.15) is 0 Å². The highest BCUT2D eigenvalue weighted by Gasteiger charge is 2.23. The second-order valence-corrected chi connectivity index (χ2v) is 3.79. The van der Waals surface area contributed by atoms with E-state index in [1.807, 2.05) is 6.92 Å². The predicted octanol–water partition coefficient (Wildman–Crippen LogP) is 2.96. The Hall–Kier alpha value is -0.590. The number of hydrogen-bond donors (Lipinski definition) is 0. The summed E-state index contributed by atoms with van der Waals surface area (Å²) in [6.07, 6.45) is 7.91. The van der Waals surface area contributed by atoms with Gasteiger partial charge in [0, 0.05) is 5.92 Å². The van der Waals surface area contributed by atoms with Crippen LogP contribution in [0.2, 0.25) is 0 Å². The summed E-state index contributed by atoms with van der Waals surface area (Å²) < 4.78 is 0. The second kappa shape index (κ2) is 4.44. The van der Waals surface area contributed by atoms with Crippen LogP contribution in [0.1, 0.15) is 39.0 Å². The van der Waals surface area contributed by atoms with Crippen molar-refractivity contribution in [2.45, 2.75) is 39.0 Å². The van der Waals surface area contributed by atoms with Crippen molar-refractivity contribution in [2.24, 2.45) is 11.8 Å². The van der Waals surface area contributed by atoms with Crippen LogP contribution in [0.4, 0.5) is 0 Å². The first kappa shape index (κ1) is 9.50. The molecule has 0 spiro atoms. The smallest absolute Gasteiger partial charge is 0.158 e. The molecule has 0 aliphatic heterocycles. The third-order valence-corrected chi connectivity index (χ3v) is 3.01. The Labute approximate surface area is 74.9 Å². The Balaban J connectivity index is 2.44. The van der Waals surface area contributed by atoms with Crippen molar-refractivity contribution in [3.8, 4) is 0 Å². The summed E-state index contributed by atoms with van der Waals surface area (Å²) in [4.78, 5) is 11.3. The van der Waals surface area contributed by atoms with Crippen molar-refractivity contribution in [1.82, 2.24) is 0 Å². The molecule has 0 aromatic rings. The molecule has 1 rings (SSSR count). The van der Waals surface area contributed by atoms with Gasteiger partial charge >= 0.3 is 0 Å². The van der Waals surface area contributed by atoms with E-state index >= 15 is 0 Å². The predicted molar refractivity (Wildman–Crippen MR) is 50.9 cm³/mol. The van der Waals surface area contributed by atoms with Gasteiger partial charge in [-0.05, 0) is 24.8 Å². The molecular weight excluding hydrogens is 148 g/mol. The summed E-state index contributed by atoms with van der Waals surface area (Å²) in [5, 5.41) is 0. The van der Waals surface area contributed by atoms with Crippen LogP contribution in [0.5, 0.6) is 0 Å². The lowest BCUT2D eigenvalue weighted by atomic mass is 9.79. The lowest BCUT2D eigenvalue weighted by molar-refractivity contribution is -0.119. The average Bonchev–Trinajstić information content (AvgIpc) is 2.17. The van der Waals surface area contributed by atoms with Crippen LogP contribution in [0.3, 0.4) is 0 Å². The summed E-state index contributed by atoms with van der Waals surface area (Å²) in [5.74, 6) is 1.06. The molecule has 1 aliphatic carbocycles. The van der Waals surface area contributed by atoms with E-state index in [9.17, 15) is 4.79 Å². The van der Waals surface area contributed by atoms with Gasteiger partial charge in [0.2, 0.25) is 0 Å².